The molecule has 0 saturated carbocycles. The average Bonchev–Trinajstić information content (AvgIpc) is 2.41. The zero-order valence-electron chi connectivity index (χ0n) is 6.98. The van der Waals surface area contributed by atoms with E-state index in [9.17, 15) is 4.79 Å². The van der Waals surface area contributed by atoms with Gasteiger partial charge < -0.3 is 4.57 Å². The van der Waals surface area contributed by atoms with Crippen LogP contribution in [0, 0.1) is 6.92 Å². The van der Waals surface area contributed by atoms with E-state index in [2.05, 4.69) is 5.10 Å². The number of rotatable bonds is 0. The smallest absolute Gasteiger partial charge is 0.276 e. The van der Waals surface area contributed by atoms with Crippen molar-refractivity contribution >= 4 is 5.52 Å². The molecule has 2 heterocycles. The van der Waals surface area contributed by atoms with Gasteiger partial charge in [0.2, 0.25) is 0 Å². The molecule has 0 unspecified atom stereocenters. The molecule has 0 radical (unpaired) electrons. The lowest BCUT2D eigenvalue weighted by Gasteiger charge is -1.97. The van der Waals surface area contributed by atoms with E-state index in [0.29, 0.717) is 5.52 Å². The van der Waals surface area contributed by atoms with Crippen molar-refractivity contribution in [1.29, 1.82) is 0 Å². The van der Waals surface area contributed by atoms with E-state index >= 15 is 0 Å². The maximum atomic E-state index is 11.5. The number of nitrogens with zero attached hydrogens (tertiary/aromatic N) is 3. The first kappa shape index (κ1) is 7.09. The molecule has 0 aliphatic rings. The van der Waals surface area contributed by atoms with Gasteiger partial charge >= 0.3 is 0 Å². The Bertz CT molecular complexity index is 480. The van der Waals surface area contributed by atoms with Gasteiger partial charge in [0, 0.05) is 25.0 Å². The Hall–Kier alpha value is -1.58. The van der Waals surface area contributed by atoms with E-state index in [4.69, 9.17) is 0 Å². The molecule has 0 bridgehead atoms. The molecule has 0 N–H and O–H groups in total. The van der Waals surface area contributed by atoms with Crippen LogP contribution in [0.1, 0.15) is 5.56 Å². The van der Waals surface area contributed by atoms with E-state index < -0.39 is 0 Å². The SMILES string of the molecule is Cc1cnn2ccn(C)c(=O)c12. The van der Waals surface area contributed by atoms with Crippen molar-refractivity contribution in [3.63, 3.8) is 0 Å². The number of aryl methyl sites for hydroxylation is 2. The molecule has 0 amide bonds. The van der Waals surface area contributed by atoms with E-state index in [-0.39, 0.29) is 5.56 Å². The van der Waals surface area contributed by atoms with Crippen molar-refractivity contribution in [2.24, 2.45) is 7.05 Å². The van der Waals surface area contributed by atoms with Gasteiger partial charge in [-0.2, -0.15) is 5.10 Å². The van der Waals surface area contributed by atoms with E-state index in [1.807, 2.05) is 6.92 Å². The van der Waals surface area contributed by atoms with Gasteiger partial charge in [-0.05, 0) is 6.92 Å². The summed E-state index contributed by atoms with van der Waals surface area (Å²) in [6.07, 6.45) is 5.16. The summed E-state index contributed by atoms with van der Waals surface area (Å²) in [5, 5.41) is 4.02. The zero-order valence-corrected chi connectivity index (χ0v) is 6.98. The van der Waals surface area contributed by atoms with Crippen molar-refractivity contribution in [1.82, 2.24) is 14.2 Å². The molecule has 0 aliphatic carbocycles. The fourth-order valence-corrected chi connectivity index (χ4v) is 1.23. The van der Waals surface area contributed by atoms with Crippen molar-refractivity contribution in [3.8, 4) is 0 Å². The van der Waals surface area contributed by atoms with Gasteiger partial charge in [-0.1, -0.05) is 0 Å². The maximum absolute atomic E-state index is 11.5. The number of hydrogen-bond acceptors (Lipinski definition) is 2. The Morgan fingerprint density at radius 3 is 2.92 bits per heavy atom. The molecule has 2 aromatic heterocycles. The third-order valence-electron chi connectivity index (χ3n) is 1.93. The second-order valence-corrected chi connectivity index (χ2v) is 2.83. The van der Waals surface area contributed by atoms with Crippen LogP contribution in [0.3, 0.4) is 0 Å². The first-order chi connectivity index (χ1) is 5.70. The molecule has 2 aromatic rings. The van der Waals surface area contributed by atoms with Crippen LogP contribution >= 0.6 is 0 Å². The van der Waals surface area contributed by atoms with Gasteiger partial charge in [0.05, 0.1) is 6.20 Å². The third-order valence-corrected chi connectivity index (χ3v) is 1.93. The third kappa shape index (κ3) is 0.777. The highest BCUT2D eigenvalue weighted by Gasteiger charge is 2.03. The maximum Gasteiger partial charge on any atom is 0.276 e. The lowest BCUT2D eigenvalue weighted by atomic mass is 10.3. The Morgan fingerprint density at radius 1 is 1.42 bits per heavy atom. The second kappa shape index (κ2) is 2.20. The van der Waals surface area contributed by atoms with E-state index in [1.165, 1.54) is 0 Å². The molecule has 0 fully saturated rings. The molecular weight excluding hydrogens is 154 g/mol. The summed E-state index contributed by atoms with van der Waals surface area (Å²) in [6, 6.07) is 0. The number of fused-ring (bicyclic) bond motifs is 1. The molecule has 0 spiro atoms. The van der Waals surface area contributed by atoms with Gasteiger partial charge in [0.1, 0.15) is 5.52 Å². The first-order valence-corrected chi connectivity index (χ1v) is 3.70. The molecule has 0 aliphatic heterocycles. The molecule has 0 saturated heterocycles. The van der Waals surface area contributed by atoms with Crippen LogP contribution in [-0.4, -0.2) is 14.2 Å². The summed E-state index contributed by atoms with van der Waals surface area (Å²) in [5.41, 5.74) is 1.56. The Kier molecular flexibility index (Phi) is 1.30. The molecule has 2 rings (SSSR count). The van der Waals surface area contributed by atoms with Crippen LogP contribution in [0.4, 0.5) is 0 Å². The van der Waals surface area contributed by atoms with Gasteiger partial charge in [0.25, 0.3) is 5.56 Å². The van der Waals surface area contributed by atoms with Crippen LogP contribution in [0.25, 0.3) is 5.52 Å². The van der Waals surface area contributed by atoms with Crippen molar-refractivity contribution in [2.45, 2.75) is 6.92 Å². The van der Waals surface area contributed by atoms with E-state index in [1.54, 1.807) is 34.7 Å². The Morgan fingerprint density at radius 2 is 2.17 bits per heavy atom. The van der Waals surface area contributed by atoms with E-state index in [0.717, 1.165) is 5.56 Å². The van der Waals surface area contributed by atoms with Gasteiger partial charge in [-0.15, -0.1) is 0 Å². The van der Waals surface area contributed by atoms with Crippen molar-refractivity contribution in [3.05, 3.63) is 34.5 Å². The highest BCUT2D eigenvalue weighted by atomic mass is 16.1. The largest absolute Gasteiger partial charge is 0.315 e. The van der Waals surface area contributed by atoms with Crippen molar-refractivity contribution < 1.29 is 0 Å². The minimum absolute atomic E-state index is 0.00694. The number of aromatic nitrogens is 3. The average molecular weight is 163 g/mol. The molecular formula is C8H9N3O. The normalized spacial score (nSPS) is 10.8. The molecule has 0 aromatic carbocycles. The minimum Gasteiger partial charge on any atom is -0.315 e. The summed E-state index contributed by atoms with van der Waals surface area (Å²) in [4.78, 5) is 11.5. The van der Waals surface area contributed by atoms with Gasteiger partial charge in [-0.25, -0.2) is 4.52 Å². The van der Waals surface area contributed by atoms with Crippen LogP contribution in [0.2, 0.25) is 0 Å². The number of hydrogen-bond donors (Lipinski definition) is 0. The lowest BCUT2D eigenvalue weighted by molar-refractivity contribution is 0.820. The standard InChI is InChI=1S/C8H9N3O/c1-6-5-9-11-4-3-10(2)8(12)7(6)11/h3-5H,1-2H3. The second-order valence-electron chi connectivity index (χ2n) is 2.83. The lowest BCUT2D eigenvalue weighted by Crippen LogP contribution is -2.18. The molecule has 0 atom stereocenters. The Labute approximate surface area is 69.1 Å². The highest BCUT2D eigenvalue weighted by molar-refractivity contribution is 5.50. The van der Waals surface area contributed by atoms with Crippen molar-refractivity contribution in [2.75, 3.05) is 0 Å². The summed E-state index contributed by atoms with van der Waals surface area (Å²) in [5.74, 6) is 0. The molecule has 4 heteroatoms. The molecule has 12 heavy (non-hydrogen) atoms. The fraction of sp³-hybridized carbons (Fsp3) is 0.250. The van der Waals surface area contributed by atoms with Gasteiger partial charge in [0.15, 0.2) is 0 Å². The quantitative estimate of drug-likeness (QED) is 0.562. The fourth-order valence-electron chi connectivity index (χ4n) is 1.23. The summed E-state index contributed by atoms with van der Waals surface area (Å²) < 4.78 is 3.14. The predicted octanol–water partition coefficient (Wildman–Crippen LogP) is 0.341. The topological polar surface area (TPSA) is 39.3 Å². The monoisotopic (exact) mass is 163 g/mol. The highest BCUT2D eigenvalue weighted by Crippen LogP contribution is 2.01. The summed E-state index contributed by atoms with van der Waals surface area (Å²) in [7, 11) is 1.73. The Balaban J connectivity index is 3.06. The molecule has 4 nitrogen and oxygen atoms in total. The van der Waals surface area contributed by atoms with Crippen LogP contribution < -0.4 is 5.56 Å². The summed E-state index contributed by atoms with van der Waals surface area (Å²) in [6.45, 7) is 1.88. The van der Waals surface area contributed by atoms with Crippen LogP contribution in [0.5, 0.6) is 0 Å². The van der Waals surface area contributed by atoms with Crippen LogP contribution in [0.15, 0.2) is 23.4 Å². The minimum atomic E-state index is -0.00694. The first-order valence-electron chi connectivity index (χ1n) is 3.70. The summed E-state index contributed by atoms with van der Waals surface area (Å²) >= 11 is 0. The van der Waals surface area contributed by atoms with Crippen LogP contribution in [-0.2, 0) is 7.05 Å². The predicted molar refractivity (Wildman–Crippen MR) is 45.2 cm³/mol. The van der Waals surface area contributed by atoms with Gasteiger partial charge in [-0.3, -0.25) is 4.79 Å². The molecule has 62 valence electrons. The zero-order chi connectivity index (χ0) is 8.72.